The van der Waals surface area contributed by atoms with E-state index >= 15 is 0 Å². The number of carbonyl (C=O) groups excluding carboxylic acids is 2. The number of aryl methyl sites for hydroxylation is 2. The van der Waals surface area contributed by atoms with Crippen molar-refractivity contribution in [3.8, 4) is 0 Å². The summed E-state index contributed by atoms with van der Waals surface area (Å²) < 4.78 is 5.39. The van der Waals surface area contributed by atoms with E-state index in [2.05, 4.69) is 31.2 Å². The van der Waals surface area contributed by atoms with E-state index < -0.39 is 5.60 Å². The molecular weight excluding hydrogens is 328 g/mol. The van der Waals surface area contributed by atoms with Crippen molar-refractivity contribution in [2.24, 2.45) is 0 Å². The monoisotopic (exact) mass is 360 g/mol. The molecule has 1 fully saturated rings. The van der Waals surface area contributed by atoms with Gasteiger partial charge in [-0.1, -0.05) is 29.8 Å². The van der Waals surface area contributed by atoms with Crippen molar-refractivity contribution in [3.05, 3.63) is 35.4 Å². The zero-order valence-electron chi connectivity index (χ0n) is 16.6. The lowest BCUT2D eigenvalue weighted by atomic mass is 10.1. The number of carbonyl (C=O) groups is 2. The van der Waals surface area contributed by atoms with Gasteiger partial charge in [-0.05, 0) is 52.5 Å². The molecule has 26 heavy (non-hydrogen) atoms. The van der Waals surface area contributed by atoms with Crippen LogP contribution in [-0.2, 0) is 16.0 Å². The predicted molar refractivity (Wildman–Crippen MR) is 103 cm³/mol. The summed E-state index contributed by atoms with van der Waals surface area (Å²) in [6, 6.07) is 8.58. The highest BCUT2D eigenvalue weighted by atomic mass is 16.6. The Morgan fingerprint density at radius 2 is 1.54 bits per heavy atom. The molecule has 0 atom stereocenters. The molecule has 144 valence electrons. The highest BCUT2D eigenvalue weighted by molar-refractivity contribution is 5.76. The average Bonchev–Trinajstić information content (AvgIpc) is 2.59. The lowest BCUT2D eigenvalue weighted by Crippen LogP contribution is -2.51. The fourth-order valence-corrected chi connectivity index (χ4v) is 2.98. The number of amides is 2. The number of hydrogen-bond acceptors (Lipinski definition) is 3. The highest BCUT2D eigenvalue weighted by Crippen LogP contribution is 2.13. The van der Waals surface area contributed by atoms with Gasteiger partial charge in [-0.25, -0.2) is 4.79 Å². The molecule has 0 radical (unpaired) electrons. The van der Waals surface area contributed by atoms with Crippen molar-refractivity contribution < 1.29 is 14.3 Å². The predicted octanol–water partition coefficient (Wildman–Crippen LogP) is 3.79. The first-order valence-electron chi connectivity index (χ1n) is 9.56. The van der Waals surface area contributed by atoms with Crippen LogP contribution >= 0.6 is 0 Å². The molecule has 2 rings (SSSR count). The van der Waals surface area contributed by atoms with Gasteiger partial charge < -0.3 is 14.5 Å². The van der Waals surface area contributed by atoms with Gasteiger partial charge in [0.1, 0.15) is 5.60 Å². The smallest absolute Gasteiger partial charge is 0.410 e. The lowest BCUT2D eigenvalue weighted by molar-refractivity contribution is -0.133. The van der Waals surface area contributed by atoms with E-state index in [1.807, 2.05) is 25.7 Å². The van der Waals surface area contributed by atoms with Gasteiger partial charge in [0.05, 0.1) is 0 Å². The van der Waals surface area contributed by atoms with Crippen molar-refractivity contribution in [2.45, 2.75) is 59.0 Å². The molecule has 0 unspecified atom stereocenters. The standard InChI is InChI=1S/C21H32N2O3/c1-17-9-11-18(12-10-17)7-5-6-8-19(24)22-13-15-23(16-14-22)20(25)26-21(2,3)4/h9-12H,5-8,13-16H2,1-4H3. The minimum atomic E-state index is -0.485. The summed E-state index contributed by atoms with van der Waals surface area (Å²) in [6.07, 6.45) is 3.23. The maximum Gasteiger partial charge on any atom is 0.410 e. The number of rotatable bonds is 5. The SMILES string of the molecule is Cc1ccc(CCCCC(=O)N2CCN(C(=O)OC(C)(C)C)CC2)cc1. The Bertz CT molecular complexity index is 597. The van der Waals surface area contributed by atoms with Crippen LogP contribution < -0.4 is 0 Å². The summed E-state index contributed by atoms with van der Waals surface area (Å²) in [7, 11) is 0. The van der Waals surface area contributed by atoms with Crippen LogP contribution in [0, 0.1) is 6.92 Å². The summed E-state index contributed by atoms with van der Waals surface area (Å²) in [4.78, 5) is 28.0. The maximum atomic E-state index is 12.4. The average molecular weight is 360 g/mol. The number of ether oxygens (including phenoxy) is 1. The second-order valence-corrected chi connectivity index (χ2v) is 8.04. The first-order chi connectivity index (χ1) is 12.2. The minimum absolute atomic E-state index is 0.192. The summed E-state index contributed by atoms with van der Waals surface area (Å²) in [5.41, 5.74) is 2.12. The van der Waals surface area contributed by atoms with Crippen molar-refractivity contribution >= 4 is 12.0 Å². The van der Waals surface area contributed by atoms with E-state index in [1.165, 1.54) is 11.1 Å². The van der Waals surface area contributed by atoms with Crippen molar-refractivity contribution in [1.29, 1.82) is 0 Å². The van der Waals surface area contributed by atoms with E-state index in [-0.39, 0.29) is 12.0 Å². The molecule has 0 N–H and O–H groups in total. The molecule has 1 heterocycles. The van der Waals surface area contributed by atoms with Crippen LogP contribution in [0.5, 0.6) is 0 Å². The summed E-state index contributed by atoms with van der Waals surface area (Å²) in [5, 5.41) is 0. The Morgan fingerprint density at radius 3 is 2.12 bits per heavy atom. The van der Waals surface area contributed by atoms with E-state index in [0.717, 1.165) is 19.3 Å². The molecule has 2 amide bonds. The zero-order chi connectivity index (χ0) is 19.2. The molecule has 1 aromatic rings. The number of benzene rings is 1. The normalized spacial score (nSPS) is 15.1. The summed E-state index contributed by atoms with van der Waals surface area (Å²) in [5.74, 6) is 0.192. The van der Waals surface area contributed by atoms with Gasteiger partial charge in [-0.2, -0.15) is 0 Å². The second kappa shape index (κ2) is 9.06. The van der Waals surface area contributed by atoms with Gasteiger partial charge in [0, 0.05) is 32.6 Å². The number of unbranched alkanes of at least 4 members (excludes halogenated alkanes) is 1. The van der Waals surface area contributed by atoms with Gasteiger partial charge in [0.15, 0.2) is 0 Å². The van der Waals surface area contributed by atoms with Crippen molar-refractivity contribution in [3.63, 3.8) is 0 Å². The molecule has 0 spiro atoms. The molecule has 0 saturated carbocycles. The molecule has 1 aliphatic heterocycles. The molecule has 5 heteroatoms. The Hall–Kier alpha value is -2.04. The van der Waals surface area contributed by atoms with Gasteiger partial charge in [-0.15, -0.1) is 0 Å². The first-order valence-corrected chi connectivity index (χ1v) is 9.56. The zero-order valence-corrected chi connectivity index (χ0v) is 16.6. The molecule has 0 aromatic heterocycles. The van der Waals surface area contributed by atoms with E-state index in [0.29, 0.717) is 32.6 Å². The summed E-state index contributed by atoms with van der Waals surface area (Å²) in [6.45, 7) is 9.95. The third kappa shape index (κ3) is 6.70. The Morgan fingerprint density at radius 1 is 0.962 bits per heavy atom. The van der Waals surface area contributed by atoms with Crippen LogP contribution in [0.15, 0.2) is 24.3 Å². The first kappa shape index (κ1) is 20.3. The molecular formula is C21H32N2O3. The van der Waals surface area contributed by atoms with Gasteiger partial charge in [-0.3, -0.25) is 4.79 Å². The quantitative estimate of drug-likeness (QED) is 0.751. The summed E-state index contributed by atoms with van der Waals surface area (Å²) >= 11 is 0. The number of piperazine rings is 1. The van der Waals surface area contributed by atoms with E-state index in [4.69, 9.17) is 4.74 Å². The van der Waals surface area contributed by atoms with Crippen molar-refractivity contribution in [1.82, 2.24) is 9.80 Å². The fraction of sp³-hybridized carbons (Fsp3) is 0.619. The van der Waals surface area contributed by atoms with Gasteiger partial charge >= 0.3 is 6.09 Å². The van der Waals surface area contributed by atoms with Crippen LogP contribution in [0.1, 0.15) is 51.2 Å². The molecule has 5 nitrogen and oxygen atoms in total. The van der Waals surface area contributed by atoms with Gasteiger partial charge in [0.2, 0.25) is 5.91 Å². The molecule has 1 saturated heterocycles. The third-order valence-corrected chi connectivity index (χ3v) is 4.51. The third-order valence-electron chi connectivity index (χ3n) is 4.51. The van der Waals surface area contributed by atoms with Gasteiger partial charge in [0.25, 0.3) is 0 Å². The van der Waals surface area contributed by atoms with Crippen LogP contribution in [0.2, 0.25) is 0 Å². The topological polar surface area (TPSA) is 49.9 Å². The Labute approximate surface area is 157 Å². The lowest BCUT2D eigenvalue weighted by Gasteiger charge is -2.35. The largest absolute Gasteiger partial charge is 0.444 e. The number of hydrogen-bond donors (Lipinski definition) is 0. The van der Waals surface area contributed by atoms with Crippen LogP contribution in [-0.4, -0.2) is 53.6 Å². The second-order valence-electron chi connectivity index (χ2n) is 8.04. The van der Waals surface area contributed by atoms with E-state index in [1.54, 1.807) is 4.90 Å². The highest BCUT2D eigenvalue weighted by Gasteiger charge is 2.27. The molecule has 1 aromatic carbocycles. The fourth-order valence-electron chi connectivity index (χ4n) is 2.98. The van der Waals surface area contributed by atoms with Crippen LogP contribution in [0.3, 0.4) is 0 Å². The molecule has 0 bridgehead atoms. The Kier molecular flexibility index (Phi) is 7.06. The molecule has 1 aliphatic rings. The Balaban J connectivity index is 1.65. The number of nitrogens with zero attached hydrogens (tertiary/aromatic N) is 2. The molecule has 0 aliphatic carbocycles. The van der Waals surface area contributed by atoms with Crippen LogP contribution in [0.25, 0.3) is 0 Å². The van der Waals surface area contributed by atoms with Crippen LogP contribution in [0.4, 0.5) is 4.79 Å². The minimum Gasteiger partial charge on any atom is -0.444 e. The maximum absolute atomic E-state index is 12.4. The van der Waals surface area contributed by atoms with E-state index in [9.17, 15) is 9.59 Å². The van der Waals surface area contributed by atoms with Crippen molar-refractivity contribution in [2.75, 3.05) is 26.2 Å².